The molecule has 1 aromatic carbocycles. The second-order valence-electron chi connectivity index (χ2n) is 7.04. The van der Waals surface area contributed by atoms with Crippen molar-refractivity contribution in [2.24, 2.45) is 16.0 Å². The van der Waals surface area contributed by atoms with E-state index in [2.05, 4.69) is 31.2 Å². The minimum atomic E-state index is -3.72. The second kappa shape index (κ2) is 9.91. The summed E-state index contributed by atoms with van der Waals surface area (Å²) in [5.41, 5.74) is 2.42. The Balaban J connectivity index is 1.66. The van der Waals surface area contributed by atoms with Crippen molar-refractivity contribution in [3.05, 3.63) is 39.9 Å². The molecule has 0 saturated carbocycles. The fourth-order valence-corrected chi connectivity index (χ4v) is 4.35. The van der Waals surface area contributed by atoms with Crippen molar-refractivity contribution in [1.82, 2.24) is 20.1 Å². The zero-order chi connectivity index (χ0) is 22.6. The minimum absolute atomic E-state index is 0.0227. The van der Waals surface area contributed by atoms with Gasteiger partial charge in [-0.3, -0.25) is 15.5 Å². The topological polar surface area (TPSA) is 164 Å². The van der Waals surface area contributed by atoms with Crippen LogP contribution in [0.15, 0.2) is 32.3 Å². The number of piperidine rings is 1. The van der Waals surface area contributed by atoms with Gasteiger partial charge in [-0.25, -0.2) is 19.2 Å². The first-order chi connectivity index (χ1) is 14.7. The Bertz CT molecular complexity index is 1080. The van der Waals surface area contributed by atoms with E-state index in [-0.39, 0.29) is 59.3 Å². The molecule has 0 atom stereocenters. The molecule has 4 N–H and O–H groups in total. The van der Waals surface area contributed by atoms with E-state index < -0.39 is 16.0 Å². The SMILES string of the molecule is NS(=O)(=O)N1CCC(CC(=O)Cc2nonc2C(=Nc2ccc(F)c(Br)c2)NO)CC1. The molecule has 0 radical (unpaired) electrons. The lowest BCUT2D eigenvalue weighted by Gasteiger charge is -2.29. The number of ketones is 1. The number of carbonyl (C=O) groups excluding carboxylic acids is 1. The van der Waals surface area contributed by atoms with Gasteiger partial charge in [0.15, 0.2) is 11.5 Å². The van der Waals surface area contributed by atoms with Gasteiger partial charge in [-0.2, -0.15) is 12.7 Å². The predicted octanol–water partition coefficient (Wildman–Crippen LogP) is 1.45. The summed E-state index contributed by atoms with van der Waals surface area (Å²) < 4.78 is 42.2. The fraction of sp³-hybridized carbons (Fsp3) is 0.412. The van der Waals surface area contributed by atoms with Gasteiger partial charge in [0.1, 0.15) is 17.3 Å². The molecule has 31 heavy (non-hydrogen) atoms. The highest BCUT2D eigenvalue weighted by molar-refractivity contribution is 9.10. The van der Waals surface area contributed by atoms with Crippen molar-refractivity contribution in [3.63, 3.8) is 0 Å². The van der Waals surface area contributed by atoms with Crippen molar-refractivity contribution in [1.29, 1.82) is 0 Å². The third kappa shape index (κ3) is 6.13. The van der Waals surface area contributed by atoms with E-state index in [0.717, 1.165) is 0 Å². The molecule has 2 heterocycles. The van der Waals surface area contributed by atoms with Crippen LogP contribution in [0.4, 0.5) is 10.1 Å². The van der Waals surface area contributed by atoms with Crippen molar-refractivity contribution < 1.29 is 27.4 Å². The van der Waals surface area contributed by atoms with E-state index >= 15 is 0 Å². The van der Waals surface area contributed by atoms with Gasteiger partial charge in [-0.05, 0) is 58.0 Å². The Morgan fingerprint density at radius 3 is 2.71 bits per heavy atom. The highest BCUT2D eigenvalue weighted by Crippen LogP contribution is 2.24. The Kier molecular flexibility index (Phi) is 7.48. The molecule has 168 valence electrons. The van der Waals surface area contributed by atoms with Crippen molar-refractivity contribution in [2.45, 2.75) is 25.7 Å². The van der Waals surface area contributed by atoms with Crippen LogP contribution >= 0.6 is 15.9 Å². The normalized spacial score (nSPS) is 16.5. The smallest absolute Gasteiger partial charge is 0.276 e. The van der Waals surface area contributed by atoms with Crippen LogP contribution in [0.3, 0.4) is 0 Å². The summed E-state index contributed by atoms with van der Waals surface area (Å²) in [4.78, 5) is 16.7. The number of carbonyl (C=O) groups is 1. The molecule has 14 heteroatoms. The van der Waals surface area contributed by atoms with E-state index in [1.54, 1.807) is 0 Å². The van der Waals surface area contributed by atoms with Crippen LogP contribution in [0.25, 0.3) is 0 Å². The van der Waals surface area contributed by atoms with Crippen molar-refractivity contribution in [3.8, 4) is 0 Å². The lowest BCUT2D eigenvalue weighted by molar-refractivity contribution is -0.119. The van der Waals surface area contributed by atoms with Crippen LogP contribution < -0.4 is 10.6 Å². The average Bonchev–Trinajstić information content (AvgIpc) is 3.16. The first-order valence-corrected chi connectivity index (χ1v) is 11.5. The number of nitrogens with one attached hydrogen (secondary N) is 1. The van der Waals surface area contributed by atoms with E-state index in [1.165, 1.54) is 22.5 Å². The molecule has 0 unspecified atom stereocenters. The number of hydrogen-bond donors (Lipinski definition) is 3. The van der Waals surface area contributed by atoms with Gasteiger partial charge in [0.05, 0.1) is 16.6 Å². The molecular formula is C17H20BrFN6O5S. The maximum atomic E-state index is 13.4. The molecule has 11 nitrogen and oxygen atoms in total. The number of amidine groups is 1. The Hall–Kier alpha value is -2.26. The summed E-state index contributed by atoms with van der Waals surface area (Å²) in [5, 5.41) is 22.0. The third-order valence-electron chi connectivity index (χ3n) is 4.85. The monoisotopic (exact) mass is 518 g/mol. The number of halogens is 2. The zero-order valence-electron chi connectivity index (χ0n) is 16.2. The summed E-state index contributed by atoms with van der Waals surface area (Å²) in [6.07, 6.45) is 1.17. The van der Waals surface area contributed by atoms with Gasteiger partial charge < -0.3 is 0 Å². The molecular weight excluding hydrogens is 499 g/mol. The Morgan fingerprint density at radius 2 is 2.10 bits per heavy atom. The molecule has 2 aromatic rings. The van der Waals surface area contributed by atoms with Crippen LogP contribution in [-0.2, 0) is 21.4 Å². The first-order valence-electron chi connectivity index (χ1n) is 9.22. The maximum Gasteiger partial charge on any atom is 0.276 e. The Morgan fingerprint density at radius 1 is 1.39 bits per heavy atom. The molecule has 0 amide bonds. The highest BCUT2D eigenvalue weighted by Gasteiger charge is 2.27. The summed E-state index contributed by atoms with van der Waals surface area (Å²) in [6.45, 7) is 0.540. The van der Waals surface area contributed by atoms with Gasteiger partial charge in [0, 0.05) is 19.5 Å². The lowest BCUT2D eigenvalue weighted by atomic mass is 9.91. The van der Waals surface area contributed by atoms with Gasteiger partial charge in [0.25, 0.3) is 10.2 Å². The number of benzene rings is 1. The van der Waals surface area contributed by atoms with E-state index in [4.69, 9.17) is 9.77 Å². The second-order valence-corrected chi connectivity index (χ2v) is 9.44. The Labute approximate surface area is 185 Å². The summed E-state index contributed by atoms with van der Waals surface area (Å²) in [6, 6.07) is 3.99. The zero-order valence-corrected chi connectivity index (χ0v) is 18.6. The molecule has 0 bridgehead atoms. The number of aliphatic imine (C=N–C) groups is 1. The number of hydrogen-bond acceptors (Lipinski definition) is 8. The number of aromatic nitrogens is 2. The molecule has 1 aliphatic rings. The van der Waals surface area contributed by atoms with Gasteiger partial charge in [-0.1, -0.05) is 5.16 Å². The minimum Gasteiger partial charge on any atom is -0.299 e. The van der Waals surface area contributed by atoms with Crippen molar-refractivity contribution >= 4 is 43.4 Å². The van der Waals surface area contributed by atoms with Crippen LogP contribution in [0, 0.1) is 11.7 Å². The van der Waals surface area contributed by atoms with E-state index in [9.17, 15) is 22.8 Å². The summed E-state index contributed by atoms with van der Waals surface area (Å²) >= 11 is 3.05. The maximum absolute atomic E-state index is 13.4. The summed E-state index contributed by atoms with van der Waals surface area (Å²) in [5.74, 6) is -0.715. The number of nitrogens with zero attached hydrogens (tertiary/aromatic N) is 4. The van der Waals surface area contributed by atoms with Crippen LogP contribution in [0.2, 0.25) is 0 Å². The molecule has 1 aliphatic heterocycles. The number of rotatable bonds is 7. The standard InChI is InChI=1S/C17H20BrFN6O5S/c18-13-8-11(1-2-14(13)19)21-17(22-27)16-15(23-30-24-16)9-12(26)7-10-3-5-25(6-4-10)31(20,28)29/h1-2,8,10,27H,3-7,9H2,(H,21,22)(H2,20,28,29). The first kappa shape index (κ1) is 23.4. The molecule has 1 aromatic heterocycles. The third-order valence-corrected chi connectivity index (χ3v) is 6.54. The summed E-state index contributed by atoms with van der Waals surface area (Å²) in [7, 11) is -3.72. The van der Waals surface area contributed by atoms with E-state index in [0.29, 0.717) is 18.5 Å². The predicted molar refractivity (Wildman–Crippen MR) is 110 cm³/mol. The van der Waals surface area contributed by atoms with Crippen molar-refractivity contribution in [2.75, 3.05) is 13.1 Å². The lowest BCUT2D eigenvalue weighted by Crippen LogP contribution is -2.42. The van der Waals surface area contributed by atoms with E-state index in [1.807, 2.05) is 5.48 Å². The number of Topliss-reactive ketones (excluding diaryl/α,β-unsaturated/α-hetero) is 1. The molecule has 0 spiro atoms. The molecule has 1 saturated heterocycles. The fourth-order valence-electron chi connectivity index (χ4n) is 3.27. The molecule has 3 rings (SSSR count). The highest BCUT2D eigenvalue weighted by atomic mass is 79.9. The number of hydroxylamine groups is 1. The van der Waals surface area contributed by atoms with Gasteiger partial charge >= 0.3 is 0 Å². The largest absolute Gasteiger partial charge is 0.299 e. The van der Waals surface area contributed by atoms with Crippen LogP contribution in [0.1, 0.15) is 30.7 Å². The average molecular weight is 519 g/mol. The van der Waals surface area contributed by atoms with Gasteiger partial charge in [0.2, 0.25) is 0 Å². The molecule has 0 aliphatic carbocycles. The van der Waals surface area contributed by atoms with Crippen LogP contribution in [0.5, 0.6) is 0 Å². The van der Waals surface area contributed by atoms with Gasteiger partial charge in [-0.15, -0.1) is 0 Å². The molecule has 1 fully saturated rings. The number of nitrogens with two attached hydrogens (primary N) is 1. The van der Waals surface area contributed by atoms with Crippen LogP contribution in [-0.4, -0.2) is 53.0 Å². The quantitative estimate of drug-likeness (QED) is 0.281.